The number of esters is 1. The van der Waals surface area contributed by atoms with Gasteiger partial charge in [-0.15, -0.1) is 0 Å². The molecule has 128 valence electrons. The Morgan fingerprint density at radius 1 is 0.957 bits per heavy atom. The van der Waals surface area contributed by atoms with Crippen LogP contribution in [0, 0.1) is 0 Å². The fourth-order valence-electron chi connectivity index (χ4n) is 1.73. The summed E-state index contributed by atoms with van der Waals surface area (Å²) in [5.41, 5.74) is -0.887. The molecule has 6 heteroatoms. The van der Waals surface area contributed by atoms with Crippen LogP contribution in [0.4, 0.5) is 4.79 Å². The number of aromatic hydroxyl groups is 1. The van der Waals surface area contributed by atoms with Crippen molar-refractivity contribution in [3.63, 3.8) is 0 Å². The van der Waals surface area contributed by atoms with Crippen molar-refractivity contribution in [3.8, 4) is 5.75 Å². The topological polar surface area (TPSA) is 84.9 Å². The van der Waals surface area contributed by atoms with E-state index < -0.39 is 29.3 Å². The van der Waals surface area contributed by atoms with Gasteiger partial charge in [-0.05, 0) is 59.2 Å². The van der Waals surface area contributed by atoms with E-state index in [1.165, 1.54) is 12.1 Å². The zero-order valence-corrected chi connectivity index (χ0v) is 14.5. The molecule has 0 radical (unpaired) electrons. The van der Waals surface area contributed by atoms with E-state index in [1.807, 2.05) is 0 Å². The molecule has 0 aromatic heterocycles. The summed E-state index contributed by atoms with van der Waals surface area (Å²) in [6.45, 7) is 10.4. The third-order valence-electron chi connectivity index (χ3n) is 2.53. The molecule has 1 amide bonds. The highest BCUT2D eigenvalue weighted by Gasteiger charge is 2.29. The first-order valence-electron chi connectivity index (χ1n) is 7.39. The molecule has 0 bridgehead atoms. The molecular weight excluding hydrogens is 298 g/mol. The Morgan fingerprint density at radius 3 is 1.87 bits per heavy atom. The molecule has 0 saturated carbocycles. The Bertz CT molecular complexity index is 552. The summed E-state index contributed by atoms with van der Waals surface area (Å²) < 4.78 is 10.5. The van der Waals surface area contributed by atoms with Gasteiger partial charge in [0.25, 0.3) is 0 Å². The predicted molar refractivity (Wildman–Crippen MR) is 86.1 cm³/mol. The van der Waals surface area contributed by atoms with Crippen LogP contribution in [-0.4, -0.2) is 28.4 Å². The zero-order valence-electron chi connectivity index (χ0n) is 14.5. The molecule has 1 aromatic rings. The van der Waals surface area contributed by atoms with Gasteiger partial charge in [0.1, 0.15) is 17.0 Å². The third-order valence-corrected chi connectivity index (χ3v) is 2.53. The van der Waals surface area contributed by atoms with Crippen LogP contribution < -0.4 is 5.32 Å². The molecule has 6 nitrogen and oxygen atoms in total. The third kappa shape index (κ3) is 7.04. The fourth-order valence-corrected chi connectivity index (χ4v) is 1.73. The van der Waals surface area contributed by atoms with Crippen molar-refractivity contribution in [1.29, 1.82) is 0 Å². The Morgan fingerprint density at radius 2 is 1.43 bits per heavy atom. The van der Waals surface area contributed by atoms with Gasteiger partial charge < -0.3 is 19.9 Å². The summed E-state index contributed by atoms with van der Waals surface area (Å²) in [6, 6.07) is 4.93. The Kier molecular flexibility index (Phi) is 5.64. The lowest BCUT2D eigenvalue weighted by Crippen LogP contribution is -2.40. The summed E-state index contributed by atoms with van der Waals surface area (Å²) in [7, 11) is 0. The van der Waals surface area contributed by atoms with E-state index in [1.54, 1.807) is 53.7 Å². The van der Waals surface area contributed by atoms with Gasteiger partial charge in [-0.1, -0.05) is 12.1 Å². The second kappa shape index (κ2) is 6.89. The maximum Gasteiger partial charge on any atom is 0.408 e. The van der Waals surface area contributed by atoms with Crippen molar-refractivity contribution < 1.29 is 24.2 Å². The molecule has 1 aromatic carbocycles. The first kappa shape index (κ1) is 18.8. The summed E-state index contributed by atoms with van der Waals surface area (Å²) in [6.07, 6.45) is -0.721. The average molecular weight is 323 g/mol. The van der Waals surface area contributed by atoms with E-state index >= 15 is 0 Å². The van der Waals surface area contributed by atoms with Gasteiger partial charge in [0.15, 0.2) is 6.04 Å². The number of amides is 1. The average Bonchev–Trinajstić information content (AvgIpc) is 2.33. The number of rotatable bonds is 3. The van der Waals surface area contributed by atoms with Crippen molar-refractivity contribution in [2.75, 3.05) is 0 Å². The van der Waals surface area contributed by atoms with Crippen molar-refractivity contribution >= 4 is 12.1 Å². The molecule has 23 heavy (non-hydrogen) atoms. The quantitative estimate of drug-likeness (QED) is 0.834. The number of phenolic OH excluding ortho intramolecular Hbond substituents is 1. The smallest absolute Gasteiger partial charge is 0.408 e. The monoisotopic (exact) mass is 323 g/mol. The van der Waals surface area contributed by atoms with E-state index in [2.05, 4.69) is 5.32 Å². The van der Waals surface area contributed by atoms with E-state index in [4.69, 9.17) is 9.47 Å². The number of hydrogen-bond acceptors (Lipinski definition) is 5. The van der Waals surface area contributed by atoms with Crippen LogP contribution in [0.5, 0.6) is 5.75 Å². The lowest BCUT2D eigenvalue weighted by atomic mass is 10.1. The van der Waals surface area contributed by atoms with E-state index in [0.717, 1.165) is 0 Å². The normalized spacial score (nSPS) is 13.1. The summed E-state index contributed by atoms with van der Waals surface area (Å²) in [5.74, 6) is -0.539. The van der Waals surface area contributed by atoms with Crippen LogP contribution in [0.3, 0.4) is 0 Å². The molecule has 0 heterocycles. The van der Waals surface area contributed by atoms with Crippen molar-refractivity contribution in [2.24, 2.45) is 0 Å². The number of alkyl carbamates (subject to hydrolysis) is 1. The van der Waals surface area contributed by atoms with Gasteiger partial charge in [-0.25, -0.2) is 9.59 Å². The molecule has 0 aliphatic heterocycles. The van der Waals surface area contributed by atoms with Crippen LogP contribution in [-0.2, 0) is 14.3 Å². The second-order valence-electron chi connectivity index (χ2n) is 7.20. The van der Waals surface area contributed by atoms with E-state index in [0.29, 0.717) is 5.56 Å². The van der Waals surface area contributed by atoms with E-state index in [-0.39, 0.29) is 5.75 Å². The largest absolute Gasteiger partial charge is 0.508 e. The van der Waals surface area contributed by atoms with Crippen LogP contribution >= 0.6 is 0 Å². The van der Waals surface area contributed by atoms with Crippen molar-refractivity contribution in [2.45, 2.75) is 58.8 Å². The highest BCUT2D eigenvalue weighted by molar-refractivity contribution is 5.83. The lowest BCUT2D eigenvalue weighted by Gasteiger charge is -2.26. The van der Waals surface area contributed by atoms with Gasteiger partial charge in [-0.3, -0.25) is 0 Å². The number of phenols is 1. The van der Waals surface area contributed by atoms with Crippen LogP contribution in [0.2, 0.25) is 0 Å². The molecule has 1 rings (SSSR count). The van der Waals surface area contributed by atoms with Gasteiger partial charge in [-0.2, -0.15) is 0 Å². The van der Waals surface area contributed by atoms with Gasteiger partial charge in [0.05, 0.1) is 0 Å². The molecule has 0 aliphatic rings. The molecular formula is C17H25NO5. The Labute approximate surface area is 136 Å². The standard InChI is InChI=1S/C17H25NO5/c1-16(2,3)22-14(20)13(11-7-9-12(19)10-8-11)18-15(21)23-17(4,5)6/h7-10,13,19H,1-6H3,(H,18,21). The SMILES string of the molecule is CC(C)(C)OC(=O)NC(C(=O)OC(C)(C)C)c1ccc(O)cc1. The van der Waals surface area contributed by atoms with Gasteiger partial charge in [0.2, 0.25) is 0 Å². The number of carbonyl (C=O) groups excluding carboxylic acids is 2. The minimum absolute atomic E-state index is 0.0638. The van der Waals surface area contributed by atoms with Gasteiger partial charge in [0, 0.05) is 0 Å². The molecule has 2 N–H and O–H groups in total. The first-order chi connectivity index (χ1) is 10.4. The predicted octanol–water partition coefficient (Wildman–Crippen LogP) is 3.30. The van der Waals surface area contributed by atoms with Gasteiger partial charge >= 0.3 is 12.1 Å². The number of carbonyl (C=O) groups is 2. The van der Waals surface area contributed by atoms with Crippen LogP contribution in [0.1, 0.15) is 53.1 Å². The first-order valence-corrected chi connectivity index (χ1v) is 7.39. The molecule has 0 saturated heterocycles. The molecule has 0 aliphatic carbocycles. The molecule has 1 unspecified atom stereocenters. The summed E-state index contributed by atoms with van der Waals surface area (Å²) in [5, 5.41) is 11.9. The summed E-state index contributed by atoms with van der Waals surface area (Å²) >= 11 is 0. The molecule has 0 fully saturated rings. The molecule has 1 atom stereocenters. The number of hydrogen-bond donors (Lipinski definition) is 2. The minimum Gasteiger partial charge on any atom is -0.508 e. The van der Waals surface area contributed by atoms with Crippen molar-refractivity contribution in [1.82, 2.24) is 5.32 Å². The summed E-state index contributed by atoms with van der Waals surface area (Å²) in [4.78, 5) is 24.4. The van der Waals surface area contributed by atoms with Crippen molar-refractivity contribution in [3.05, 3.63) is 29.8 Å². The highest BCUT2D eigenvalue weighted by Crippen LogP contribution is 2.21. The second-order valence-corrected chi connectivity index (χ2v) is 7.20. The zero-order chi connectivity index (χ0) is 17.8. The fraction of sp³-hybridized carbons (Fsp3) is 0.529. The number of nitrogens with one attached hydrogen (secondary N) is 1. The van der Waals surface area contributed by atoms with Crippen LogP contribution in [0.25, 0.3) is 0 Å². The maximum atomic E-state index is 12.4. The minimum atomic E-state index is -1.02. The Balaban J connectivity index is 2.99. The lowest BCUT2D eigenvalue weighted by molar-refractivity contribution is -0.157. The number of benzene rings is 1. The number of ether oxygens (including phenoxy) is 2. The Hall–Kier alpha value is -2.24. The molecule has 0 spiro atoms. The highest BCUT2D eigenvalue weighted by atomic mass is 16.6. The maximum absolute atomic E-state index is 12.4. The van der Waals surface area contributed by atoms with E-state index in [9.17, 15) is 14.7 Å². The van der Waals surface area contributed by atoms with Crippen LogP contribution in [0.15, 0.2) is 24.3 Å².